The van der Waals surface area contributed by atoms with Crippen LogP contribution in [-0.2, 0) is 30.9 Å². The van der Waals surface area contributed by atoms with Crippen molar-refractivity contribution < 1.29 is 21.6 Å². The first-order valence-electron chi connectivity index (χ1n) is 16.2. The van der Waals surface area contributed by atoms with Crippen molar-refractivity contribution in [3.8, 4) is 0 Å². The lowest BCUT2D eigenvalue weighted by atomic mass is 9.61. The van der Waals surface area contributed by atoms with Crippen LogP contribution in [0.15, 0.2) is 107 Å². The molecule has 46 heavy (non-hydrogen) atoms. The van der Waals surface area contributed by atoms with E-state index in [1.165, 1.54) is 0 Å². The maximum Gasteiger partial charge on any atom is 0.182 e. The number of benzene rings is 4. The SMILES string of the molecule is CCc1ccc(C2C[C@H]3C(CC2S(=O)(=O)c2ccc(C)cc2)C(=O)CC(c2ccc(C)cc2)C3S(=O)(=O)c2ccc(C)cc2)cc1. The van der Waals surface area contributed by atoms with Crippen molar-refractivity contribution in [3.63, 3.8) is 0 Å². The molecule has 4 aromatic carbocycles. The predicted molar refractivity (Wildman–Crippen MR) is 183 cm³/mol. The molecule has 0 N–H and O–H groups in total. The molecule has 6 rings (SSSR count). The highest BCUT2D eigenvalue weighted by molar-refractivity contribution is 7.92. The van der Waals surface area contributed by atoms with Crippen molar-refractivity contribution in [3.05, 3.63) is 130 Å². The summed E-state index contributed by atoms with van der Waals surface area (Å²) >= 11 is 0. The number of sulfone groups is 2. The molecule has 0 bridgehead atoms. The number of Topliss-reactive ketones (excluding diaryl/α,β-unsaturated/α-hetero) is 1. The van der Waals surface area contributed by atoms with Gasteiger partial charge in [-0.2, -0.15) is 0 Å². The van der Waals surface area contributed by atoms with E-state index in [1.54, 1.807) is 36.4 Å². The van der Waals surface area contributed by atoms with Gasteiger partial charge < -0.3 is 0 Å². The molecule has 0 heterocycles. The average Bonchev–Trinajstić information content (AvgIpc) is 3.05. The number of hydrogen-bond donors (Lipinski definition) is 0. The van der Waals surface area contributed by atoms with Gasteiger partial charge in [0.1, 0.15) is 5.78 Å². The first-order valence-corrected chi connectivity index (χ1v) is 19.3. The van der Waals surface area contributed by atoms with Crippen molar-refractivity contribution in [1.82, 2.24) is 0 Å². The van der Waals surface area contributed by atoms with Crippen LogP contribution in [0, 0.1) is 32.6 Å². The van der Waals surface area contributed by atoms with Gasteiger partial charge in [0.15, 0.2) is 19.7 Å². The van der Waals surface area contributed by atoms with Gasteiger partial charge in [-0.25, -0.2) is 16.8 Å². The van der Waals surface area contributed by atoms with Gasteiger partial charge >= 0.3 is 0 Å². The molecule has 0 aliphatic heterocycles. The van der Waals surface area contributed by atoms with E-state index in [0.717, 1.165) is 39.8 Å². The van der Waals surface area contributed by atoms with Crippen LogP contribution < -0.4 is 0 Å². The normalized spacial score (nSPS) is 25.2. The fourth-order valence-electron chi connectivity index (χ4n) is 7.76. The lowest BCUT2D eigenvalue weighted by molar-refractivity contribution is -0.128. The lowest BCUT2D eigenvalue weighted by Crippen LogP contribution is -2.53. The molecule has 2 fully saturated rings. The second-order valence-corrected chi connectivity index (χ2v) is 17.6. The summed E-state index contributed by atoms with van der Waals surface area (Å²) < 4.78 is 58.3. The number of hydrogen-bond acceptors (Lipinski definition) is 5. The molecule has 0 radical (unpaired) electrons. The van der Waals surface area contributed by atoms with E-state index in [0.29, 0.717) is 0 Å². The van der Waals surface area contributed by atoms with Crippen LogP contribution in [0.4, 0.5) is 0 Å². The summed E-state index contributed by atoms with van der Waals surface area (Å²) in [4.78, 5) is 14.6. The maximum absolute atomic E-state index is 14.7. The number of carbonyl (C=O) groups excluding carboxylic acids is 1. The zero-order chi connectivity index (χ0) is 32.8. The molecule has 0 spiro atoms. The Bertz CT molecular complexity index is 1930. The van der Waals surface area contributed by atoms with Gasteiger partial charge in [0, 0.05) is 24.2 Å². The van der Waals surface area contributed by atoms with Gasteiger partial charge in [0.2, 0.25) is 0 Å². The van der Waals surface area contributed by atoms with E-state index in [1.807, 2.05) is 81.4 Å². The average molecular weight is 655 g/mol. The number of ketones is 1. The summed E-state index contributed by atoms with van der Waals surface area (Å²) in [5.41, 5.74) is 5.82. The van der Waals surface area contributed by atoms with Gasteiger partial charge in [0.05, 0.1) is 20.3 Å². The Labute approximate surface area is 273 Å². The smallest absolute Gasteiger partial charge is 0.182 e. The molecule has 7 heteroatoms. The second-order valence-electron chi connectivity index (χ2n) is 13.4. The Kier molecular flexibility index (Phi) is 8.85. The highest BCUT2D eigenvalue weighted by Crippen LogP contribution is 2.54. The number of fused-ring (bicyclic) bond motifs is 1. The largest absolute Gasteiger partial charge is 0.299 e. The summed E-state index contributed by atoms with van der Waals surface area (Å²) in [6.45, 7) is 7.89. The van der Waals surface area contributed by atoms with Crippen molar-refractivity contribution in [1.29, 1.82) is 0 Å². The van der Waals surface area contributed by atoms with E-state index in [9.17, 15) is 21.6 Å². The fourth-order valence-corrected chi connectivity index (χ4v) is 12.1. The molecule has 0 saturated heterocycles. The van der Waals surface area contributed by atoms with Gasteiger partial charge in [-0.15, -0.1) is 0 Å². The highest BCUT2D eigenvalue weighted by atomic mass is 32.2. The monoisotopic (exact) mass is 654 g/mol. The summed E-state index contributed by atoms with van der Waals surface area (Å²) in [5.74, 6) is -2.27. The Morgan fingerprint density at radius 1 is 0.565 bits per heavy atom. The lowest BCUT2D eigenvalue weighted by Gasteiger charge is -2.48. The van der Waals surface area contributed by atoms with Crippen LogP contribution in [0.3, 0.4) is 0 Å². The summed E-state index contributed by atoms with van der Waals surface area (Å²) in [5, 5.41) is -1.73. The standard InChI is InChI=1S/C39H42O5S2/c1-5-28-12-16-29(17-13-28)33-22-36-35(24-38(33)45(41,42)31-18-8-26(3)9-19-31)37(40)23-34(30-14-6-25(2)7-15-30)39(36)46(43,44)32-20-10-27(4)11-21-32/h6-21,33-36,38-39H,5,22-24H2,1-4H3/t33?,34?,35?,36-,38?,39?/m0/s1. The molecule has 240 valence electrons. The van der Waals surface area contributed by atoms with Gasteiger partial charge in [-0.1, -0.05) is 96.4 Å². The summed E-state index contributed by atoms with van der Waals surface area (Å²) in [6.07, 6.45) is 1.30. The Morgan fingerprint density at radius 2 is 1.02 bits per heavy atom. The van der Waals surface area contributed by atoms with E-state index >= 15 is 0 Å². The topological polar surface area (TPSA) is 85.3 Å². The van der Waals surface area contributed by atoms with Gasteiger partial charge in [-0.05, 0) is 86.9 Å². The second kappa shape index (κ2) is 12.6. The van der Waals surface area contributed by atoms with E-state index < -0.39 is 53.8 Å². The molecule has 0 amide bonds. The van der Waals surface area contributed by atoms with Crippen molar-refractivity contribution >= 4 is 25.5 Å². The highest BCUT2D eigenvalue weighted by Gasteiger charge is 2.56. The van der Waals surface area contributed by atoms with Gasteiger partial charge in [0.25, 0.3) is 0 Å². The van der Waals surface area contributed by atoms with Crippen molar-refractivity contribution in [2.75, 3.05) is 0 Å². The Balaban J connectivity index is 1.51. The zero-order valence-corrected chi connectivity index (χ0v) is 28.5. The minimum absolute atomic E-state index is 0.0465. The van der Waals surface area contributed by atoms with Crippen LogP contribution in [-0.4, -0.2) is 33.1 Å². The third kappa shape index (κ3) is 6.00. The number of carbonyl (C=O) groups is 1. The summed E-state index contributed by atoms with van der Waals surface area (Å²) in [7, 11) is -7.76. The molecule has 2 aliphatic rings. The first kappa shape index (κ1) is 32.4. The minimum atomic E-state index is -3.91. The fraction of sp³-hybridized carbons (Fsp3) is 0.359. The third-order valence-corrected chi connectivity index (χ3v) is 15.0. The Morgan fingerprint density at radius 3 is 1.54 bits per heavy atom. The summed E-state index contributed by atoms with van der Waals surface area (Å²) in [6, 6.07) is 29.7. The predicted octanol–water partition coefficient (Wildman–Crippen LogP) is 7.73. The van der Waals surface area contributed by atoms with E-state index in [-0.39, 0.29) is 34.8 Å². The molecular formula is C39H42O5S2. The van der Waals surface area contributed by atoms with E-state index in [4.69, 9.17) is 0 Å². The van der Waals surface area contributed by atoms with Crippen molar-refractivity contribution in [2.24, 2.45) is 11.8 Å². The number of aryl methyl sites for hydroxylation is 4. The first-order chi connectivity index (χ1) is 21.9. The molecule has 0 aromatic heterocycles. The molecule has 5 nitrogen and oxygen atoms in total. The van der Waals surface area contributed by atoms with Gasteiger partial charge in [-0.3, -0.25) is 4.79 Å². The maximum atomic E-state index is 14.7. The Hall–Kier alpha value is -3.55. The van der Waals surface area contributed by atoms with E-state index in [2.05, 4.69) is 6.92 Å². The van der Waals surface area contributed by atoms with Crippen LogP contribution in [0.2, 0.25) is 0 Å². The molecule has 4 aromatic rings. The van der Waals surface area contributed by atoms with Crippen molar-refractivity contribution in [2.45, 2.75) is 85.5 Å². The molecule has 2 aliphatic carbocycles. The van der Waals surface area contributed by atoms with Crippen LogP contribution in [0.5, 0.6) is 0 Å². The molecular weight excluding hydrogens is 613 g/mol. The third-order valence-electron chi connectivity index (χ3n) is 10.4. The zero-order valence-electron chi connectivity index (χ0n) is 26.9. The van der Waals surface area contributed by atoms with Crippen LogP contribution >= 0.6 is 0 Å². The number of rotatable bonds is 7. The quantitative estimate of drug-likeness (QED) is 0.204. The molecule has 2 saturated carbocycles. The minimum Gasteiger partial charge on any atom is -0.299 e. The van der Waals surface area contributed by atoms with Crippen LogP contribution in [0.25, 0.3) is 0 Å². The molecule has 6 atom stereocenters. The molecule has 5 unspecified atom stereocenters. The van der Waals surface area contributed by atoms with Crippen LogP contribution in [0.1, 0.15) is 71.4 Å².